The highest BCUT2D eigenvalue weighted by atomic mass is 32.1. The van der Waals surface area contributed by atoms with Crippen LogP contribution in [-0.4, -0.2) is 69.1 Å². The van der Waals surface area contributed by atoms with E-state index < -0.39 is 5.97 Å². The third-order valence-electron chi connectivity index (χ3n) is 3.54. The van der Waals surface area contributed by atoms with E-state index >= 15 is 0 Å². The van der Waals surface area contributed by atoms with Crippen molar-refractivity contribution in [2.24, 2.45) is 0 Å². The lowest BCUT2D eigenvalue weighted by molar-refractivity contribution is -0.137. The van der Waals surface area contributed by atoms with Crippen LogP contribution in [0.4, 0.5) is 0 Å². The Morgan fingerprint density at radius 2 is 2.00 bits per heavy atom. The van der Waals surface area contributed by atoms with Gasteiger partial charge in [-0.25, -0.2) is 0 Å². The van der Waals surface area contributed by atoms with Crippen molar-refractivity contribution in [1.29, 1.82) is 0 Å². The normalized spacial score (nSPS) is 16.1. The van der Waals surface area contributed by atoms with Crippen molar-refractivity contribution in [1.82, 2.24) is 19.4 Å². The van der Waals surface area contributed by atoms with Crippen molar-refractivity contribution in [2.45, 2.75) is 26.2 Å². The minimum atomic E-state index is -0.784. The predicted octanol–water partition coefficient (Wildman–Crippen LogP) is 0.723. The van der Waals surface area contributed by atoms with Crippen LogP contribution in [0.2, 0.25) is 0 Å². The van der Waals surface area contributed by atoms with Gasteiger partial charge in [0.15, 0.2) is 0 Å². The summed E-state index contributed by atoms with van der Waals surface area (Å²) in [7, 11) is 0. The van der Waals surface area contributed by atoms with Gasteiger partial charge in [0.2, 0.25) is 0 Å². The Balaban J connectivity index is 1.88. The smallest absolute Gasteiger partial charge is 0.304 e. The second-order valence-corrected chi connectivity index (χ2v) is 5.83. The summed E-state index contributed by atoms with van der Waals surface area (Å²) in [5, 5.41) is 12.7. The van der Waals surface area contributed by atoms with Crippen molar-refractivity contribution < 1.29 is 14.7 Å². The summed E-state index contributed by atoms with van der Waals surface area (Å²) in [6.45, 7) is 5.28. The van der Waals surface area contributed by atoms with E-state index in [0.29, 0.717) is 37.6 Å². The number of amides is 1. The average Bonchev–Trinajstić information content (AvgIpc) is 2.93. The number of aryl methyl sites for hydroxylation is 1. The van der Waals surface area contributed by atoms with E-state index in [2.05, 4.69) is 21.4 Å². The third-order valence-corrected chi connectivity index (χ3v) is 4.29. The molecule has 2 rings (SSSR count). The number of hydrogen-bond donors (Lipinski definition) is 1. The average molecular weight is 312 g/mol. The molecule has 0 radical (unpaired) electrons. The van der Waals surface area contributed by atoms with Crippen LogP contribution in [0, 0.1) is 0 Å². The van der Waals surface area contributed by atoms with E-state index in [0.717, 1.165) is 30.1 Å². The standard InChI is InChI=1S/C13H20N4O3S/c1-2-3-10-12(21-15-14-10)13(20)17-8-6-16(7-9-17)5-4-11(18)19/h2-9H2,1H3,(H,18,19). The van der Waals surface area contributed by atoms with Gasteiger partial charge in [-0.05, 0) is 18.0 Å². The van der Waals surface area contributed by atoms with Gasteiger partial charge in [0.05, 0.1) is 12.1 Å². The Hall–Kier alpha value is -1.54. The highest BCUT2D eigenvalue weighted by Gasteiger charge is 2.25. The zero-order chi connectivity index (χ0) is 15.2. The number of aromatic nitrogens is 2. The monoisotopic (exact) mass is 312 g/mol. The number of carbonyl (C=O) groups excluding carboxylic acids is 1. The number of nitrogens with zero attached hydrogens (tertiary/aromatic N) is 4. The summed E-state index contributed by atoms with van der Waals surface area (Å²) in [5.74, 6) is -0.778. The first-order valence-corrected chi connectivity index (χ1v) is 7.93. The molecule has 1 N–H and O–H groups in total. The number of rotatable bonds is 6. The van der Waals surface area contributed by atoms with Crippen LogP contribution in [0.25, 0.3) is 0 Å². The number of carbonyl (C=O) groups is 2. The largest absolute Gasteiger partial charge is 0.481 e. The maximum Gasteiger partial charge on any atom is 0.304 e. The molecule has 21 heavy (non-hydrogen) atoms. The van der Waals surface area contributed by atoms with Gasteiger partial charge >= 0.3 is 5.97 Å². The molecule has 8 heteroatoms. The summed E-state index contributed by atoms with van der Waals surface area (Å²) >= 11 is 1.16. The molecule has 0 saturated carbocycles. The number of carboxylic acids is 1. The fraction of sp³-hybridized carbons (Fsp3) is 0.692. The van der Waals surface area contributed by atoms with Crippen LogP contribution in [0.5, 0.6) is 0 Å². The van der Waals surface area contributed by atoms with E-state index in [4.69, 9.17) is 5.11 Å². The van der Waals surface area contributed by atoms with Crippen LogP contribution in [0.1, 0.15) is 35.1 Å². The molecule has 1 aromatic rings. The molecule has 0 atom stereocenters. The fourth-order valence-electron chi connectivity index (χ4n) is 2.34. The van der Waals surface area contributed by atoms with Gasteiger partial charge in [-0.1, -0.05) is 17.8 Å². The number of hydrogen-bond acceptors (Lipinski definition) is 6. The van der Waals surface area contributed by atoms with Crippen LogP contribution in [0.15, 0.2) is 0 Å². The minimum Gasteiger partial charge on any atom is -0.481 e. The SMILES string of the molecule is CCCc1nnsc1C(=O)N1CCN(CCC(=O)O)CC1. The summed E-state index contributed by atoms with van der Waals surface area (Å²) in [6, 6.07) is 0. The molecule has 0 aliphatic carbocycles. The molecule has 1 aliphatic rings. The second kappa shape index (κ2) is 7.46. The lowest BCUT2D eigenvalue weighted by Crippen LogP contribution is -2.49. The van der Waals surface area contributed by atoms with Gasteiger partial charge < -0.3 is 10.0 Å². The number of aliphatic carboxylic acids is 1. The molecule has 0 bridgehead atoms. The minimum absolute atomic E-state index is 0.00587. The van der Waals surface area contributed by atoms with Crippen molar-refractivity contribution in [3.63, 3.8) is 0 Å². The van der Waals surface area contributed by atoms with Crippen LogP contribution >= 0.6 is 11.5 Å². The van der Waals surface area contributed by atoms with E-state index in [-0.39, 0.29) is 12.3 Å². The summed E-state index contributed by atoms with van der Waals surface area (Å²) in [4.78, 5) is 27.6. The topological polar surface area (TPSA) is 86.6 Å². The molecule has 2 heterocycles. The molecule has 1 fully saturated rings. The van der Waals surface area contributed by atoms with E-state index in [1.54, 1.807) is 0 Å². The molecule has 0 unspecified atom stereocenters. The Bertz CT molecular complexity index is 497. The van der Waals surface area contributed by atoms with Crippen molar-refractivity contribution in [3.05, 3.63) is 10.6 Å². The highest BCUT2D eigenvalue weighted by molar-refractivity contribution is 7.08. The van der Waals surface area contributed by atoms with Crippen molar-refractivity contribution in [2.75, 3.05) is 32.7 Å². The van der Waals surface area contributed by atoms with Gasteiger partial charge in [-0.2, -0.15) is 0 Å². The number of carboxylic acid groups (broad SMARTS) is 1. The maximum atomic E-state index is 12.5. The van der Waals surface area contributed by atoms with Gasteiger partial charge in [-0.3, -0.25) is 14.5 Å². The summed E-state index contributed by atoms with van der Waals surface area (Å²) in [6.07, 6.45) is 1.86. The maximum absolute atomic E-state index is 12.5. The van der Waals surface area contributed by atoms with Crippen molar-refractivity contribution >= 4 is 23.4 Å². The molecular formula is C13H20N4O3S. The first kappa shape index (κ1) is 15.8. The number of piperazine rings is 1. The molecule has 0 aromatic carbocycles. The first-order chi connectivity index (χ1) is 10.1. The third kappa shape index (κ3) is 4.21. The molecule has 1 aliphatic heterocycles. The second-order valence-electron chi connectivity index (χ2n) is 5.08. The van der Waals surface area contributed by atoms with Gasteiger partial charge in [0, 0.05) is 32.7 Å². The molecular weight excluding hydrogens is 292 g/mol. The molecule has 1 saturated heterocycles. The predicted molar refractivity (Wildman–Crippen MR) is 78.5 cm³/mol. The Morgan fingerprint density at radius 1 is 1.29 bits per heavy atom. The van der Waals surface area contributed by atoms with Gasteiger partial charge in [0.1, 0.15) is 4.88 Å². The summed E-state index contributed by atoms with van der Waals surface area (Å²) in [5.41, 5.74) is 0.792. The van der Waals surface area contributed by atoms with Gasteiger partial charge in [-0.15, -0.1) is 5.10 Å². The Kier molecular flexibility index (Phi) is 5.63. The van der Waals surface area contributed by atoms with Crippen LogP contribution < -0.4 is 0 Å². The molecule has 0 spiro atoms. The van der Waals surface area contributed by atoms with Crippen LogP contribution in [-0.2, 0) is 11.2 Å². The highest BCUT2D eigenvalue weighted by Crippen LogP contribution is 2.16. The molecule has 116 valence electrons. The lowest BCUT2D eigenvalue weighted by atomic mass is 10.2. The van der Waals surface area contributed by atoms with Gasteiger partial charge in [0.25, 0.3) is 5.91 Å². The zero-order valence-corrected chi connectivity index (χ0v) is 12.9. The van der Waals surface area contributed by atoms with E-state index in [1.807, 2.05) is 4.90 Å². The lowest BCUT2D eigenvalue weighted by Gasteiger charge is -2.34. The molecule has 1 amide bonds. The quantitative estimate of drug-likeness (QED) is 0.833. The Labute approximate surface area is 127 Å². The first-order valence-electron chi connectivity index (χ1n) is 7.16. The van der Waals surface area contributed by atoms with Crippen molar-refractivity contribution in [3.8, 4) is 0 Å². The van der Waals surface area contributed by atoms with E-state index in [1.165, 1.54) is 0 Å². The summed E-state index contributed by atoms with van der Waals surface area (Å²) < 4.78 is 3.89. The van der Waals surface area contributed by atoms with Crippen LogP contribution in [0.3, 0.4) is 0 Å². The Morgan fingerprint density at radius 3 is 2.62 bits per heavy atom. The molecule has 1 aromatic heterocycles. The van der Waals surface area contributed by atoms with E-state index in [9.17, 15) is 9.59 Å². The fourth-order valence-corrected chi connectivity index (χ4v) is 3.02. The molecule has 7 nitrogen and oxygen atoms in total. The zero-order valence-electron chi connectivity index (χ0n) is 12.1.